The highest BCUT2D eigenvalue weighted by Crippen LogP contribution is 2.15. The highest BCUT2D eigenvalue weighted by molar-refractivity contribution is 7.09. The lowest BCUT2D eigenvalue weighted by atomic mass is 10.2. The van der Waals surface area contributed by atoms with E-state index in [2.05, 4.69) is 29.1 Å². The molecule has 6 nitrogen and oxygen atoms in total. The van der Waals surface area contributed by atoms with Crippen LogP contribution in [-0.4, -0.2) is 33.1 Å². The van der Waals surface area contributed by atoms with E-state index in [9.17, 15) is 4.79 Å². The van der Waals surface area contributed by atoms with Crippen molar-refractivity contribution in [3.05, 3.63) is 27.5 Å². The molecule has 2 aromatic rings. The average Bonchev–Trinajstić information content (AvgIpc) is 3.07. The van der Waals surface area contributed by atoms with Gasteiger partial charge in [0.15, 0.2) is 5.69 Å². The van der Waals surface area contributed by atoms with Crippen LogP contribution in [0.4, 0.5) is 0 Å². The van der Waals surface area contributed by atoms with Crippen molar-refractivity contribution >= 4 is 17.3 Å². The van der Waals surface area contributed by atoms with E-state index in [1.807, 2.05) is 5.38 Å². The Hall–Kier alpha value is -1.76. The Morgan fingerprint density at radius 3 is 2.85 bits per heavy atom. The van der Waals surface area contributed by atoms with Gasteiger partial charge in [0.25, 0.3) is 0 Å². The monoisotopic (exact) mass is 294 g/mol. The number of hydrogen-bond acceptors (Lipinski definition) is 6. The number of methoxy groups -OCH3 is 1. The molecular weight excluding hydrogens is 276 g/mol. The maximum absolute atomic E-state index is 11.7. The number of carbonyl (C=O) groups excluding carboxylic acids is 1. The van der Waals surface area contributed by atoms with Gasteiger partial charge in [-0.1, -0.05) is 25.5 Å². The molecule has 0 atom stereocenters. The topological polar surface area (TPSA) is 69.9 Å². The van der Waals surface area contributed by atoms with Crippen LogP contribution in [0.5, 0.6) is 0 Å². The lowest BCUT2D eigenvalue weighted by Crippen LogP contribution is -2.10. The first-order chi connectivity index (χ1) is 9.69. The third-order valence-electron chi connectivity index (χ3n) is 2.92. The van der Waals surface area contributed by atoms with Gasteiger partial charge in [-0.2, -0.15) is 0 Å². The van der Waals surface area contributed by atoms with Gasteiger partial charge in [0.05, 0.1) is 30.1 Å². The molecule has 0 spiro atoms. The van der Waals surface area contributed by atoms with Gasteiger partial charge < -0.3 is 4.74 Å². The number of nitrogens with zero attached hydrogens (tertiary/aromatic N) is 4. The molecule has 0 saturated carbocycles. The zero-order chi connectivity index (χ0) is 14.5. The molecule has 2 aromatic heterocycles. The zero-order valence-corrected chi connectivity index (χ0v) is 12.7. The highest BCUT2D eigenvalue weighted by atomic mass is 32.1. The molecule has 0 aromatic carbocycles. The largest absolute Gasteiger partial charge is 0.464 e. The number of rotatable bonds is 6. The summed E-state index contributed by atoms with van der Waals surface area (Å²) < 4.78 is 6.48. The summed E-state index contributed by atoms with van der Waals surface area (Å²) in [7, 11) is 1.35. The number of aryl methyl sites for hydroxylation is 1. The first-order valence-corrected chi connectivity index (χ1v) is 7.51. The van der Waals surface area contributed by atoms with Gasteiger partial charge in [0.1, 0.15) is 0 Å². The van der Waals surface area contributed by atoms with Crippen molar-refractivity contribution in [2.75, 3.05) is 7.11 Å². The molecule has 0 amide bonds. The lowest BCUT2D eigenvalue weighted by molar-refractivity contribution is 0.0592. The number of hydrogen-bond donors (Lipinski definition) is 0. The number of esters is 1. The minimum absolute atomic E-state index is 0.306. The molecule has 2 rings (SSSR count). The van der Waals surface area contributed by atoms with Crippen molar-refractivity contribution in [1.82, 2.24) is 20.0 Å². The molecule has 108 valence electrons. The van der Waals surface area contributed by atoms with Gasteiger partial charge in [0.2, 0.25) is 0 Å². The highest BCUT2D eigenvalue weighted by Gasteiger charge is 2.20. The minimum atomic E-state index is -0.438. The van der Waals surface area contributed by atoms with Crippen LogP contribution in [0.15, 0.2) is 5.38 Å². The number of aromatic nitrogens is 4. The maximum Gasteiger partial charge on any atom is 0.360 e. The molecule has 2 heterocycles. The molecule has 0 aliphatic rings. The van der Waals surface area contributed by atoms with E-state index in [1.165, 1.54) is 7.11 Å². The van der Waals surface area contributed by atoms with Crippen molar-refractivity contribution in [2.24, 2.45) is 0 Å². The average molecular weight is 294 g/mol. The summed E-state index contributed by atoms with van der Waals surface area (Å²) in [6, 6.07) is 0. The van der Waals surface area contributed by atoms with Crippen LogP contribution in [0.3, 0.4) is 0 Å². The summed E-state index contributed by atoms with van der Waals surface area (Å²) >= 11 is 1.64. The van der Waals surface area contributed by atoms with Gasteiger partial charge in [-0.15, -0.1) is 16.4 Å². The third-order valence-corrected chi connectivity index (χ3v) is 3.96. The van der Waals surface area contributed by atoms with E-state index in [0.717, 1.165) is 35.7 Å². The van der Waals surface area contributed by atoms with Crippen LogP contribution < -0.4 is 0 Å². The Balaban J connectivity index is 2.26. The fourth-order valence-corrected chi connectivity index (χ4v) is 2.67. The lowest BCUT2D eigenvalue weighted by Gasteiger charge is -2.04. The number of ether oxygens (including phenoxy) is 1. The van der Waals surface area contributed by atoms with E-state index in [4.69, 9.17) is 4.74 Å². The molecule has 7 heteroatoms. The van der Waals surface area contributed by atoms with Crippen LogP contribution in [0.1, 0.15) is 47.2 Å². The molecule has 0 radical (unpaired) electrons. The maximum atomic E-state index is 11.7. The molecule has 0 aliphatic heterocycles. The SMILES string of the molecule is CCCc1c(C(=O)OC)nnn1Cc1csc(CC)n1. The van der Waals surface area contributed by atoms with E-state index in [-0.39, 0.29) is 0 Å². The molecule has 0 saturated heterocycles. The second-order valence-electron chi connectivity index (χ2n) is 4.37. The van der Waals surface area contributed by atoms with Crippen molar-refractivity contribution in [2.45, 2.75) is 39.7 Å². The Bertz CT molecular complexity index is 591. The first-order valence-electron chi connectivity index (χ1n) is 6.63. The Labute approximate surface area is 121 Å². The van der Waals surface area contributed by atoms with E-state index in [1.54, 1.807) is 16.0 Å². The molecular formula is C13H18N4O2S. The van der Waals surface area contributed by atoms with Crippen LogP contribution in [0.2, 0.25) is 0 Å². The van der Waals surface area contributed by atoms with Gasteiger partial charge in [-0.3, -0.25) is 0 Å². The van der Waals surface area contributed by atoms with Gasteiger partial charge in [-0.05, 0) is 12.8 Å². The molecule has 0 bridgehead atoms. The summed E-state index contributed by atoms with van der Waals surface area (Å²) in [5.41, 5.74) is 2.07. The second-order valence-corrected chi connectivity index (χ2v) is 5.31. The smallest absolute Gasteiger partial charge is 0.360 e. The molecule has 0 aliphatic carbocycles. The van der Waals surface area contributed by atoms with Gasteiger partial charge in [0, 0.05) is 5.38 Å². The molecule has 0 N–H and O–H groups in total. The Morgan fingerprint density at radius 2 is 2.25 bits per heavy atom. The predicted octanol–water partition coefficient (Wildman–Crippen LogP) is 2.08. The summed E-state index contributed by atoms with van der Waals surface area (Å²) in [4.78, 5) is 16.2. The second kappa shape index (κ2) is 6.60. The van der Waals surface area contributed by atoms with Crippen molar-refractivity contribution < 1.29 is 9.53 Å². The number of thiazole rings is 1. The molecule has 0 fully saturated rings. The first kappa shape index (κ1) is 14.6. The minimum Gasteiger partial charge on any atom is -0.464 e. The van der Waals surface area contributed by atoms with Crippen LogP contribution in [0, 0.1) is 0 Å². The van der Waals surface area contributed by atoms with Crippen LogP contribution in [-0.2, 0) is 24.1 Å². The van der Waals surface area contributed by atoms with E-state index >= 15 is 0 Å². The van der Waals surface area contributed by atoms with Crippen LogP contribution >= 0.6 is 11.3 Å². The van der Waals surface area contributed by atoms with Gasteiger partial charge in [-0.25, -0.2) is 14.5 Å². The quantitative estimate of drug-likeness (QED) is 0.763. The predicted molar refractivity (Wildman–Crippen MR) is 76.0 cm³/mol. The normalized spacial score (nSPS) is 10.8. The van der Waals surface area contributed by atoms with Crippen molar-refractivity contribution in [3.8, 4) is 0 Å². The van der Waals surface area contributed by atoms with Crippen LogP contribution in [0.25, 0.3) is 0 Å². The van der Waals surface area contributed by atoms with Gasteiger partial charge >= 0.3 is 5.97 Å². The van der Waals surface area contributed by atoms with Crippen molar-refractivity contribution in [3.63, 3.8) is 0 Å². The zero-order valence-electron chi connectivity index (χ0n) is 11.9. The number of carbonyl (C=O) groups is 1. The van der Waals surface area contributed by atoms with E-state index in [0.29, 0.717) is 12.2 Å². The standard InChI is InChI=1S/C13H18N4O2S/c1-4-6-10-12(13(18)19-3)15-16-17(10)7-9-8-20-11(5-2)14-9/h8H,4-7H2,1-3H3. The summed E-state index contributed by atoms with van der Waals surface area (Å²) in [5, 5.41) is 11.1. The van der Waals surface area contributed by atoms with Crippen molar-refractivity contribution in [1.29, 1.82) is 0 Å². The Morgan fingerprint density at radius 1 is 1.45 bits per heavy atom. The summed E-state index contributed by atoms with van der Waals surface area (Å²) in [5.74, 6) is -0.438. The summed E-state index contributed by atoms with van der Waals surface area (Å²) in [6.07, 6.45) is 2.58. The van der Waals surface area contributed by atoms with E-state index < -0.39 is 5.97 Å². The third kappa shape index (κ3) is 3.04. The fourth-order valence-electron chi connectivity index (χ4n) is 1.94. The Kier molecular flexibility index (Phi) is 4.84. The molecule has 20 heavy (non-hydrogen) atoms. The summed E-state index contributed by atoms with van der Waals surface area (Å²) in [6.45, 7) is 4.67. The molecule has 0 unspecified atom stereocenters. The fraction of sp³-hybridized carbons (Fsp3) is 0.538.